The maximum atomic E-state index is 12.6. The molecule has 0 radical (unpaired) electrons. The second kappa shape index (κ2) is 5.68. The van der Waals surface area contributed by atoms with Gasteiger partial charge in [0.1, 0.15) is 0 Å². The van der Waals surface area contributed by atoms with Crippen LogP contribution >= 0.6 is 11.6 Å². The van der Waals surface area contributed by atoms with Gasteiger partial charge < -0.3 is 0 Å². The summed E-state index contributed by atoms with van der Waals surface area (Å²) in [5.74, 6) is 0.300. The summed E-state index contributed by atoms with van der Waals surface area (Å²) < 4.78 is 28.6. The molecule has 1 aliphatic rings. The third-order valence-electron chi connectivity index (χ3n) is 3.97. The maximum Gasteiger partial charge on any atom is 0.243 e. The summed E-state index contributed by atoms with van der Waals surface area (Å²) in [6, 6.07) is 4.99. The Bertz CT molecular complexity index is 795. The fraction of sp³-hybridized carbons (Fsp3) is 0.400. The maximum absolute atomic E-state index is 12.6. The van der Waals surface area contributed by atoms with Crippen LogP contribution in [0, 0.1) is 19.8 Å². The summed E-state index contributed by atoms with van der Waals surface area (Å²) in [6.07, 6.45) is 3.78. The highest BCUT2D eigenvalue weighted by Gasteiger charge is 2.37. The monoisotopic (exact) mass is 339 g/mol. The summed E-state index contributed by atoms with van der Waals surface area (Å²) >= 11 is 6.03. The van der Waals surface area contributed by atoms with Crippen molar-refractivity contribution < 1.29 is 8.42 Å². The number of sulfonamides is 1. The van der Waals surface area contributed by atoms with Crippen molar-refractivity contribution in [3.63, 3.8) is 0 Å². The van der Waals surface area contributed by atoms with Crippen molar-refractivity contribution >= 4 is 21.6 Å². The Hall–Kier alpha value is -1.37. The molecule has 1 saturated heterocycles. The van der Waals surface area contributed by atoms with Gasteiger partial charge in [-0.05, 0) is 37.1 Å². The number of aryl methyl sites for hydroxylation is 1. The molecule has 5 nitrogen and oxygen atoms in total. The van der Waals surface area contributed by atoms with Crippen LogP contribution in [0.1, 0.15) is 11.1 Å². The van der Waals surface area contributed by atoms with Gasteiger partial charge in [0.05, 0.1) is 11.1 Å². The predicted octanol–water partition coefficient (Wildman–Crippen LogP) is 2.47. The van der Waals surface area contributed by atoms with Gasteiger partial charge in [-0.25, -0.2) is 8.42 Å². The quantitative estimate of drug-likeness (QED) is 0.859. The molecular formula is C15H18ClN3O2S. The van der Waals surface area contributed by atoms with E-state index in [-0.39, 0.29) is 0 Å². The van der Waals surface area contributed by atoms with Crippen LogP contribution in [0.25, 0.3) is 0 Å². The number of benzene rings is 1. The Labute approximate surface area is 135 Å². The van der Waals surface area contributed by atoms with Crippen molar-refractivity contribution in [1.29, 1.82) is 0 Å². The molecule has 1 aliphatic heterocycles. The zero-order valence-corrected chi connectivity index (χ0v) is 14.1. The molecule has 0 spiro atoms. The zero-order valence-electron chi connectivity index (χ0n) is 12.5. The average molecular weight is 340 g/mol. The molecule has 7 heteroatoms. The van der Waals surface area contributed by atoms with Gasteiger partial charge in [-0.3, -0.25) is 4.68 Å². The first kappa shape index (κ1) is 15.5. The molecule has 3 rings (SSSR count). The number of aromatic nitrogens is 2. The molecule has 1 aromatic heterocycles. The molecule has 0 saturated carbocycles. The standard InChI is InChI=1S/C15H18ClN3O2S/c1-11-6-17-18(7-11)8-13-9-19(10-13)22(20,21)15-5-3-4-14(16)12(15)2/h3-7,13H,8-10H2,1-2H3. The van der Waals surface area contributed by atoms with Crippen molar-refractivity contribution in [3.8, 4) is 0 Å². The predicted molar refractivity (Wildman–Crippen MR) is 85.4 cm³/mol. The van der Waals surface area contributed by atoms with Crippen molar-refractivity contribution in [1.82, 2.24) is 14.1 Å². The third-order valence-corrected chi connectivity index (χ3v) is 6.35. The largest absolute Gasteiger partial charge is 0.272 e. The topological polar surface area (TPSA) is 55.2 Å². The van der Waals surface area contributed by atoms with E-state index < -0.39 is 10.0 Å². The summed E-state index contributed by atoms with van der Waals surface area (Å²) in [4.78, 5) is 0.299. The van der Waals surface area contributed by atoms with Gasteiger partial charge in [-0.2, -0.15) is 9.40 Å². The average Bonchev–Trinajstić information content (AvgIpc) is 2.81. The lowest BCUT2D eigenvalue weighted by atomic mass is 10.0. The lowest BCUT2D eigenvalue weighted by molar-refractivity contribution is 0.175. The minimum Gasteiger partial charge on any atom is -0.272 e. The van der Waals surface area contributed by atoms with E-state index >= 15 is 0 Å². The van der Waals surface area contributed by atoms with E-state index in [0.29, 0.717) is 34.5 Å². The highest BCUT2D eigenvalue weighted by molar-refractivity contribution is 7.89. The highest BCUT2D eigenvalue weighted by atomic mass is 35.5. The van der Waals surface area contributed by atoms with Crippen LogP contribution in [-0.2, 0) is 16.6 Å². The van der Waals surface area contributed by atoms with Crippen LogP contribution in [0.3, 0.4) is 0 Å². The van der Waals surface area contributed by atoms with Gasteiger partial charge >= 0.3 is 0 Å². The molecule has 2 aromatic rings. The van der Waals surface area contributed by atoms with Crippen LogP contribution in [0.5, 0.6) is 0 Å². The second-order valence-electron chi connectivity index (χ2n) is 5.79. The van der Waals surface area contributed by atoms with Crippen molar-refractivity contribution in [2.45, 2.75) is 25.3 Å². The smallest absolute Gasteiger partial charge is 0.243 e. The van der Waals surface area contributed by atoms with Gasteiger partial charge in [0.15, 0.2) is 0 Å². The van der Waals surface area contributed by atoms with Crippen LogP contribution in [0.4, 0.5) is 0 Å². The fourth-order valence-corrected chi connectivity index (χ4v) is 4.74. The molecule has 118 valence electrons. The Kier molecular flexibility index (Phi) is 4.01. The van der Waals surface area contributed by atoms with Crippen molar-refractivity contribution in [2.24, 2.45) is 5.92 Å². The van der Waals surface area contributed by atoms with Gasteiger partial charge in [-0.1, -0.05) is 17.7 Å². The molecule has 0 aliphatic carbocycles. The number of nitrogens with zero attached hydrogens (tertiary/aromatic N) is 3. The van der Waals surface area contributed by atoms with E-state index in [9.17, 15) is 8.42 Å². The van der Waals surface area contributed by atoms with Crippen LogP contribution in [0.2, 0.25) is 5.02 Å². The summed E-state index contributed by atoms with van der Waals surface area (Å²) in [6.45, 7) is 5.51. The first-order valence-electron chi connectivity index (χ1n) is 7.12. The van der Waals surface area contributed by atoms with Gasteiger partial charge in [0.2, 0.25) is 10.0 Å². The van der Waals surface area contributed by atoms with Gasteiger partial charge in [-0.15, -0.1) is 0 Å². The lowest BCUT2D eigenvalue weighted by Crippen LogP contribution is -2.51. The van der Waals surface area contributed by atoms with Crippen LogP contribution in [-0.4, -0.2) is 35.6 Å². The molecule has 0 N–H and O–H groups in total. The lowest BCUT2D eigenvalue weighted by Gasteiger charge is -2.38. The number of halogens is 1. The molecule has 22 heavy (non-hydrogen) atoms. The van der Waals surface area contributed by atoms with Crippen LogP contribution in [0.15, 0.2) is 35.5 Å². The minimum atomic E-state index is -3.46. The molecule has 2 heterocycles. The van der Waals surface area contributed by atoms with Crippen molar-refractivity contribution in [2.75, 3.05) is 13.1 Å². The number of rotatable bonds is 4. The van der Waals surface area contributed by atoms with E-state index in [1.807, 2.05) is 24.0 Å². The summed E-state index contributed by atoms with van der Waals surface area (Å²) in [5.41, 5.74) is 1.72. The number of hydrogen-bond donors (Lipinski definition) is 0. The van der Waals surface area contributed by atoms with Gasteiger partial charge in [0.25, 0.3) is 0 Å². The van der Waals surface area contributed by atoms with E-state index in [1.165, 1.54) is 4.31 Å². The highest BCUT2D eigenvalue weighted by Crippen LogP contribution is 2.30. The van der Waals surface area contributed by atoms with Crippen LogP contribution < -0.4 is 0 Å². The van der Waals surface area contributed by atoms with Crippen molar-refractivity contribution in [3.05, 3.63) is 46.7 Å². The Balaban J connectivity index is 1.70. The molecule has 0 amide bonds. The van der Waals surface area contributed by atoms with E-state index in [2.05, 4.69) is 5.10 Å². The molecule has 0 bridgehead atoms. The first-order chi connectivity index (χ1) is 10.4. The van der Waals surface area contributed by atoms with Gasteiger partial charge in [0, 0.05) is 36.8 Å². The fourth-order valence-electron chi connectivity index (χ4n) is 2.67. The molecule has 0 atom stereocenters. The third kappa shape index (κ3) is 2.78. The first-order valence-corrected chi connectivity index (χ1v) is 8.94. The van der Waals surface area contributed by atoms with E-state index in [1.54, 1.807) is 25.1 Å². The van der Waals surface area contributed by atoms with E-state index in [4.69, 9.17) is 11.6 Å². The normalized spacial score (nSPS) is 16.7. The zero-order chi connectivity index (χ0) is 15.9. The van der Waals surface area contributed by atoms with E-state index in [0.717, 1.165) is 12.1 Å². The molecular weight excluding hydrogens is 322 g/mol. The Morgan fingerprint density at radius 1 is 1.32 bits per heavy atom. The second-order valence-corrected chi connectivity index (χ2v) is 8.10. The minimum absolute atomic E-state index is 0.299. The SMILES string of the molecule is Cc1cnn(CC2CN(S(=O)(=O)c3cccc(Cl)c3C)C2)c1. The number of hydrogen-bond acceptors (Lipinski definition) is 3. The molecule has 1 aromatic carbocycles. The molecule has 1 fully saturated rings. The Morgan fingerprint density at radius 2 is 2.05 bits per heavy atom. The summed E-state index contributed by atoms with van der Waals surface area (Å²) in [5, 5.41) is 4.72. The Morgan fingerprint density at radius 3 is 2.68 bits per heavy atom. The molecule has 0 unspecified atom stereocenters. The summed E-state index contributed by atoms with van der Waals surface area (Å²) in [7, 11) is -3.46.